The molecule has 0 fully saturated rings. The molecule has 0 spiro atoms. The number of rotatable bonds is 2. The van der Waals surface area contributed by atoms with Gasteiger partial charge in [0.1, 0.15) is 0 Å². The molecule has 0 aliphatic carbocycles. The predicted octanol–water partition coefficient (Wildman–Crippen LogP) is 3.12. The summed E-state index contributed by atoms with van der Waals surface area (Å²) in [6, 6.07) is 7.79. The number of halogens is 2. The zero-order chi connectivity index (χ0) is 9.14. The van der Waals surface area contributed by atoms with Crippen molar-refractivity contribution in [2.75, 3.05) is 0 Å². The van der Waals surface area contributed by atoms with E-state index in [1.807, 2.05) is 31.2 Å². The fraction of sp³-hybridized carbons (Fsp3) is 0.333. The largest absolute Gasteiger partial charge is 0.327 e. The van der Waals surface area contributed by atoms with Crippen molar-refractivity contribution < 1.29 is 0 Å². The van der Waals surface area contributed by atoms with Gasteiger partial charge in [0, 0.05) is 11.1 Å². The Morgan fingerprint density at radius 1 is 1.33 bits per heavy atom. The molecule has 12 heavy (non-hydrogen) atoms. The van der Waals surface area contributed by atoms with Gasteiger partial charge in [-0.25, -0.2) is 0 Å². The first kappa shape index (κ1) is 10.0. The monoisotopic (exact) mass is 247 g/mol. The number of benzene rings is 1. The van der Waals surface area contributed by atoms with Gasteiger partial charge in [-0.15, -0.1) is 0 Å². The Balaban J connectivity index is 2.82. The Hall–Kier alpha value is -0.0500. The molecule has 2 N–H and O–H groups in total. The van der Waals surface area contributed by atoms with Crippen molar-refractivity contribution in [2.24, 2.45) is 5.73 Å². The Morgan fingerprint density at radius 2 is 1.83 bits per heavy atom. The Kier molecular flexibility index (Phi) is 3.56. The molecule has 0 radical (unpaired) electrons. The molecule has 1 rings (SSSR count). The fourth-order valence-corrected chi connectivity index (χ4v) is 1.38. The molecule has 0 heterocycles. The van der Waals surface area contributed by atoms with Gasteiger partial charge in [-0.05, 0) is 24.6 Å². The van der Waals surface area contributed by atoms with Crippen LogP contribution >= 0.6 is 27.5 Å². The number of alkyl halides is 1. The van der Waals surface area contributed by atoms with Crippen molar-refractivity contribution >= 4 is 27.5 Å². The van der Waals surface area contributed by atoms with E-state index < -0.39 is 0 Å². The van der Waals surface area contributed by atoms with Crippen LogP contribution in [0.25, 0.3) is 0 Å². The summed E-state index contributed by atoms with van der Waals surface area (Å²) in [5, 5.41) is 0.753. The lowest BCUT2D eigenvalue weighted by Crippen LogP contribution is -2.20. The van der Waals surface area contributed by atoms with Gasteiger partial charge in [-0.1, -0.05) is 39.7 Å². The van der Waals surface area contributed by atoms with Crippen LogP contribution in [0.2, 0.25) is 5.02 Å². The van der Waals surface area contributed by atoms with Crippen molar-refractivity contribution in [2.45, 2.75) is 17.8 Å². The summed E-state index contributed by atoms with van der Waals surface area (Å²) < 4.78 is 0. The maximum Gasteiger partial charge on any atom is 0.0543 e. The third-order valence-corrected chi connectivity index (χ3v) is 3.26. The molecular formula is C9H11BrClN. The second-order valence-electron chi connectivity index (χ2n) is 2.81. The smallest absolute Gasteiger partial charge is 0.0543 e. The standard InChI is InChI=1S/C9H11BrClN/c1-6(12)9(10)7-2-4-8(11)5-3-7/h2-6,9H,12H2,1H3. The van der Waals surface area contributed by atoms with Gasteiger partial charge in [-0.3, -0.25) is 0 Å². The topological polar surface area (TPSA) is 26.0 Å². The summed E-state index contributed by atoms with van der Waals surface area (Å²) in [6.07, 6.45) is 0. The highest BCUT2D eigenvalue weighted by Gasteiger charge is 2.11. The van der Waals surface area contributed by atoms with Gasteiger partial charge in [0.2, 0.25) is 0 Å². The lowest BCUT2D eigenvalue weighted by Gasteiger charge is -2.13. The van der Waals surface area contributed by atoms with E-state index in [1.54, 1.807) is 0 Å². The van der Waals surface area contributed by atoms with Crippen molar-refractivity contribution in [1.29, 1.82) is 0 Å². The summed E-state index contributed by atoms with van der Waals surface area (Å²) in [5.41, 5.74) is 6.89. The van der Waals surface area contributed by atoms with Gasteiger partial charge >= 0.3 is 0 Å². The Bertz CT molecular complexity index is 245. The van der Waals surface area contributed by atoms with Crippen LogP contribution in [0, 0.1) is 0 Å². The third kappa shape index (κ3) is 2.47. The van der Waals surface area contributed by atoms with Gasteiger partial charge < -0.3 is 5.73 Å². The molecule has 0 bridgehead atoms. The van der Waals surface area contributed by atoms with Crippen LogP contribution in [-0.2, 0) is 0 Å². The summed E-state index contributed by atoms with van der Waals surface area (Å²) in [4.78, 5) is 0.203. The fourth-order valence-electron chi connectivity index (χ4n) is 0.950. The highest BCUT2D eigenvalue weighted by atomic mass is 79.9. The molecule has 2 unspecified atom stereocenters. The van der Waals surface area contributed by atoms with Crippen molar-refractivity contribution in [3.05, 3.63) is 34.9 Å². The maximum absolute atomic E-state index is 5.75. The second-order valence-corrected chi connectivity index (χ2v) is 4.24. The van der Waals surface area contributed by atoms with E-state index >= 15 is 0 Å². The molecule has 2 atom stereocenters. The van der Waals surface area contributed by atoms with Crippen LogP contribution in [0.4, 0.5) is 0 Å². The van der Waals surface area contributed by atoms with E-state index in [1.165, 1.54) is 0 Å². The van der Waals surface area contributed by atoms with E-state index in [-0.39, 0.29) is 10.9 Å². The second kappa shape index (κ2) is 4.26. The van der Waals surface area contributed by atoms with E-state index in [9.17, 15) is 0 Å². The zero-order valence-corrected chi connectivity index (χ0v) is 9.14. The van der Waals surface area contributed by atoms with Crippen LogP contribution in [0.3, 0.4) is 0 Å². The molecule has 0 aliphatic heterocycles. The molecule has 0 saturated carbocycles. The minimum absolute atomic E-state index is 0.103. The quantitative estimate of drug-likeness (QED) is 0.800. The molecule has 0 amide bonds. The SMILES string of the molecule is CC(N)C(Br)c1ccc(Cl)cc1. The highest BCUT2D eigenvalue weighted by molar-refractivity contribution is 9.09. The normalized spacial score (nSPS) is 15.7. The lowest BCUT2D eigenvalue weighted by molar-refractivity contribution is 0.731. The molecule has 1 aromatic carbocycles. The highest BCUT2D eigenvalue weighted by Crippen LogP contribution is 2.26. The summed E-state index contributed by atoms with van der Waals surface area (Å²) in [7, 11) is 0. The molecule has 0 aliphatic rings. The minimum Gasteiger partial charge on any atom is -0.327 e. The van der Waals surface area contributed by atoms with E-state index in [0.29, 0.717) is 0 Å². The van der Waals surface area contributed by atoms with Gasteiger partial charge in [0.05, 0.1) is 4.83 Å². The van der Waals surface area contributed by atoms with Crippen molar-refractivity contribution in [3.8, 4) is 0 Å². The maximum atomic E-state index is 5.75. The third-order valence-electron chi connectivity index (χ3n) is 1.65. The number of hydrogen-bond donors (Lipinski definition) is 1. The van der Waals surface area contributed by atoms with Crippen molar-refractivity contribution in [1.82, 2.24) is 0 Å². The van der Waals surface area contributed by atoms with Crippen LogP contribution in [0.15, 0.2) is 24.3 Å². The number of nitrogens with two attached hydrogens (primary N) is 1. The molecular weight excluding hydrogens is 237 g/mol. The Labute approximate surface area is 86.0 Å². The number of hydrogen-bond acceptors (Lipinski definition) is 1. The average Bonchev–Trinajstić information content (AvgIpc) is 2.04. The minimum atomic E-state index is 0.103. The van der Waals surface area contributed by atoms with Crippen LogP contribution in [0.1, 0.15) is 17.3 Å². The summed E-state index contributed by atoms with van der Waals surface area (Å²) >= 11 is 9.26. The van der Waals surface area contributed by atoms with E-state index in [2.05, 4.69) is 15.9 Å². The van der Waals surface area contributed by atoms with Gasteiger partial charge in [0.15, 0.2) is 0 Å². The first-order valence-electron chi connectivity index (χ1n) is 3.76. The van der Waals surface area contributed by atoms with Crippen LogP contribution < -0.4 is 5.73 Å². The predicted molar refractivity (Wildman–Crippen MR) is 56.8 cm³/mol. The first-order chi connectivity index (χ1) is 5.61. The molecule has 1 aromatic rings. The van der Waals surface area contributed by atoms with Crippen molar-refractivity contribution in [3.63, 3.8) is 0 Å². The van der Waals surface area contributed by atoms with Crippen LogP contribution in [0.5, 0.6) is 0 Å². The molecule has 1 nitrogen and oxygen atoms in total. The average molecular weight is 249 g/mol. The summed E-state index contributed by atoms with van der Waals surface area (Å²) in [5.74, 6) is 0. The molecule has 0 aromatic heterocycles. The van der Waals surface area contributed by atoms with Crippen LogP contribution in [-0.4, -0.2) is 6.04 Å². The molecule has 3 heteroatoms. The first-order valence-corrected chi connectivity index (χ1v) is 5.05. The van der Waals surface area contributed by atoms with Gasteiger partial charge in [0.25, 0.3) is 0 Å². The van der Waals surface area contributed by atoms with E-state index in [4.69, 9.17) is 17.3 Å². The van der Waals surface area contributed by atoms with Gasteiger partial charge in [-0.2, -0.15) is 0 Å². The zero-order valence-electron chi connectivity index (χ0n) is 6.80. The summed E-state index contributed by atoms with van der Waals surface area (Å²) in [6.45, 7) is 1.97. The lowest BCUT2D eigenvalue weighted by atomic mass is 10.1. The molecule has 66 valence electrons. The Morgan fingerprint density at radius 3 is 2.25 bits per heavy atom. The van der Waals surface area contributed by atoms with E-state index in [0.717, 1.165) is 10.6 Å². The molecule has 0 saturated heterocycles.